The second kappa shape index (κ2) is 9.67. The first-order chi connectivity index (χ1) is 14.1. The van der Waals surface area contributed by atoms with Crippen molar-refractivity contribution >= 4 is 5.78 Å². The molecule has 0 saturated carbocycles. The van der Waals surface area contributed by atoms with Gasteiger partial charge in [0, 0.05) is 19.3 Å². The lowest BCUT2D eigenvalue weighted by Crippen LogP contribution is -3.10. The molecular weight excluding hydrogens is 354 g/mol. The lowest BCUT2D eigenvalue weighted by atomic mass is 9.66. The van der Waals surface area contributed by atoms with E-state index in [1.165, 1.54) is 10.5 Å². The summed E-state index contributed by atoms with van der Waals surface area (Å²) in [6.07, 6.45) is 2.25. The minimum atomic E-state index is -0.631. The first kappa shape index (κ1) is 21.0. The van der Waals surface area contributed by atoms with Crippen molar-refractivity contribution in [2.75, 3.05) is 14.1 Å². The lowest BCUT2D eigenvalue weighted by Gasteiger charge is -2.37. The van der Waals surface area contributed by atoms with Gasteiger partial charge in [-0.2, -0.15) is 0 Å². The number of Topliss-reactive ketones (excluding diaryl/α,β-unsaturated/α-hetero) is 1. The largest absolute Gasteiger partial charge is 0.337 e. The third-order valence-corrected chi connectivity index (χ3v) is 6.02. The van der Waals surface area contributed by atoms with E-state index in [1.54, 1.807) is 0 Å². The van der Waals surface area contributed by atoms with E-state index in [1.807, 2.05) is 43.3 Å². The quantitative estimate of drug-likeness (QED) is 0.587. The van der Waals surface area contributed by atoms with Gasteiger partial charge in [0.15, 0.2) is 0 Å². The Bertz CT molecular complexity index is 848. The summed E-state index contributed by atoms with van der Waals surface area (Å²) in [4.78, 5) is 15.0. The summed E-state index contributed by atoms with van der Waals surface area (Å²) in [5, 5.41) is 0. The predicted octanol–water partition coefficient (Wildman–Crippen LogP) is 4.10. The molecule has 29 heavy (non-hydrogen) atoms. The molecule has 0 fully saturated rings. The summed E-state index contributed by atoms with van der Waals surface area (Å²) in [6.45, 7) is 1.98. The van der Waals surface area contributed by atoms with Gasteiger partial charge >= 0.3 is 0 Å². The van der Waals surface area contributed by atoms with Crippen molar-refractivity contribution in [2.45, 2.75) is 37.6 Å². The molecule has 0 saturated heterocycles. The van der Waals surface area contributed by atoms with Gasteiger partial charge in [-0.25, -0.2) is 0 Å². The maximum Gasteiger partial charge on any atom is 0.147 e. The van der Waals surface area contributed by atoms with Gasteiger partial charge < -0.3 is 4.90 Å². The van der Waals surface area contributed by atoms with E-state index < -0.39 is 5.41 Å². The molecule has 3 rings (SSSR count). The Morgan fingerprint density at radius 3 is 1.66 bits per heavy atom. The van der Waals surface area contributed by atoms with Crippen LogP contribution >= 0.6 is 0 Å². The number of rotatable bonds is 9. The number of hydrogen-bond acceptors (Lipinski definition) is 1. The van der Waals surface area contributed by atoms with Crippen molar-refractivity contribution in [3.63, 3.8) is 0 Å². The molecule has 2 nitrogen and oxygen atoms in total. The fourth-order valence-electron chi connectivity index (χ4n) is 4.33. The summed E-state index contributed by atoms with van der Waals surface area (Å²) in [5.74, 6) is 0.286. The van der Waals surface area contributed by atoms with Crippen LogP contribution in [-0.4, -0.2) is 25.9 Å². The fourth-order valence-corrected chi connectivity index (χ4v) is 4.33. The van der Waals surface area contributed by atoms with E-state index in [0.717, 1.165) is 24.0 Å². The SMILES string of the molecule is CCC(=O)C(C[C@@H](Cc1ccccc1)[NH+](C)C)(c1ccccc1)c1ccccc1. The maximum atomic E-state index is 13.6. The molecule has 0 amide bonds. The molecule has 0 aromatic heterocycles. The van der Waals surface area contributed by atoms with Gasteiger partial charge in [0.1, 0.15) is 5.78 Å². The number of ketones is 1. The van der Waals surface area contributed by atoms with E-state index in [0.29, 0.717) is 12.5 Å². The minimum absolute atomic E-state index is 0.286. The molecule has 0 heterocycles. The number of carbonyl (C=O) groups is 1. The van der Waals surface area contributed by atoms with Gasteiger partial charge in [0.05, 0.1) is 25.6 Å². The molecule has 3 aromatic carbocycles. The predicted molar refractivity (Wildman–Crippen MR) is 120 cm³/mol. The van der Waals surface area contributed by atoms with E-state index >= 15 is 0 Å². The van der Waals surface area contributed by atoms with E-state index in [-0.39, 0.29) is 5.78 Å². The monoisotopic (exact) mass is 386 g/mol. The van der Waals surface area contributed by atoms with Crippen LogP contribution in [0.3, 0.4) is 0 Å². The average molecular weight is 387 g/mol. The van der Waals surface area contributed by atoms with E-state index in [4.69, 9.17) is 0 Å². The summed E-state index contributed by atoms with van der Waals surface area (Å²) in [6, 6.07) is 31.6. The number of quaternary nitrogens is 1. The highest BCUT2D eigenvalue weighted by atomic mass is 16.1. The molecule has 0 unspecified atom stereocenters. The number of hydrogen-bond donors (Lipinski definition) is 1. The van der Waals surface area contributed by atoms with Gasteiger partial charge in [-0.15, -0.1) is 0 Å². The first-order valence-electron chi connectivity index (χ1n) is 10.6. The molecule has 3 aromatic rings. The van der Waals surface area contributed by atoms with Crippen molar-refractivity contribution in [2.24, 2.45) is 0 Å². The smallest absolute Gasteiger partial charge is 0.147 e. The molecule has 1 N–H and O–H groups in total. The number of likely N-dealkylation sites (N-methyl/N-ethyl adjacent to an activating group) is 1. The van der Waals surface area contributed by atoms with Gasteiger partial charge in [-0.05, 0) is 16.7 Å². The van der Waals surface area contributed by atoms with Crippen LogP contribution in [0, 0.1) is 0 Å². The topological polar surface area (TPSA) is 21.5 Å². The molecule has 2 heteroatoms. The molecule has 0 radical (unpaired) electrons. The number of carbonyl (C=O) groups excluding carboxylic acids is 1. The van der Waals surface area contributed by atoms with Crippen molar-refractivity contribution in [1.82, 2.24) is 0 Å². The Kier molecular flexibility index (Phi) is 7.00. The average Bonchev–Trinajstić information content (AvgIpc) is 2.78. The van der Waals surface area contributed by atoms with Gasteiger partial charge in [0.25, 0.3) is 0 Å². The Balaban J connectivity index is 2.12. The van der Waals surface area contributed by atoms with Crippen LogP contribution < -0.4 is 4.90 Å². The second-order valence-corrected chi connectivity index (χ2v) is 8.08. The maximum absolute atomic E-state index is 13.6. The van der Waals surface area contributed by atoms with Gasteiger partial charge in [-0.1, -0.05) is 97.9 Å². The Morgan fingerprint density at radius 1 is 0.793 bits per heavy atom. The van der Waals surface area contributed by atoms with Gasteiger partial charge in [0.2, 0.25) is 0 Å². The van der Waals surface area contributed by atoms with Crippen LogP contribution in [0.2, 0.25) is 0 Å². The van der Waals surface area contributed by atoms with E-state index in [2.05, 4.69) is 68.7 Å². The third kappa shape index (κ3) is 4.65. The number of nitrogens with one attached hydrogen (secondary N) is 1. The summed E-state index contributed by atoms with van der Waals surface area (Å²) in [5.41, 5.74) is 2.88. The lowest BCUT2D eigenvalue weighted by molar-refractivity contribution is -0.886. The Hall–Kier alpha value is -2.71. The summed E-state index contributed by atoms with van der Waals surface area (Å²) < 4.78 is 0. The van der Waals surface area contributed by atoms with Crippen molar-refractivity contribution < 1.29 is 9.69 Å². The van der Waals surface area contributed by atoms with Crippen LogP contribution in [0.4, 0.5) is 0 Å². The highest BCUT2D eigenvalue weighted by Gasteiger charge is 2.43. The minimum Gasteiger partial charge on any atom is -0.337 e. The van der Waals surface area contributed by atoms with Crippen molar-refractivity contribution in [3.05, 3.63) is 108 Å². The van der Waals surface area contributed by atoms with Crippen LogP contribution in [-0.2, 0) is 16.6 Å². The molecular formula is C27H32NO+. The standard InChI is InChI=1S/C27H31NO/c1-4-26(29)27(23-16-10-6-11-17-23,24-18-12-7-13-19-24)21-25(28(2)3)20-22-14-8-5-9-15-22/h5-19,25H,4,20-21H2,1-3H3/p+1/t25-/m1/s1. The fraction of sp³-hybridized carbons (Fsp3) is 0.296. The molecule has 0 aliphatic rings. The van der Waals surface area contributed by atoms with E-state index in [9.17, 15) is 4.79 Å². The summed E-state index contributed by atoms with van der Waals surface area (Å²) in [7, 11) is 4.40. The molecule has 0 spiro atoms. The zero-order valence-electron chi connectivity index (χ0n) is 17.8. The van der Waals surface area contributed by atoms with Gasteiger partial charge in [-0.3, -0.25) is 4.79 Å². The van der Waals surface area contributed by atoms with Crippen molar-refractivity contribution in [1.29, 1.82) is 0 Å². The zero-order valence-corrected chi connectivity index (χ0v) is 17.8. The Morgan fingerprint density at radius 2 is 1.24 bits per heavy atom. The van der Waals surface area contributed by atoms with Crippen LogP contribution in [0.1, 0.15) is 36.5 Å². The highest BCUT2D eigenvalue weighted by molar-refractivity contribution is 5.93. The van der Waals surface area contributed by atoms with Crippen molar-refractivity contribution in [3.8, 4) is 0 Å². The zero-order chi connectivity index (χ0) is 20.7. The second-order valence-electron chi connectivity index (χ2n) is 8.08. The number of benzene rings is 3. The highest BCUT2D eigenvalue weighted by Crippen LogP contribution is 2.39. The third-order valence-electron chi connectivity index (χ3n) is 6.02. The molecule has 0 aliphatic carbocycles. The van der Waals surface area contributed by atoms with Crippen LogP contribution in [0.25, 0.3) is 0 Å². The van der Waals surface area contributed by atoms with Crippen LogP contribution in [0.15, 0.2) is 91.0 Å². The normalized spacial score (nSPS) is 12.7. The van der Waals surface area contributed by atoms with Crippen LogP contribution in [0.5, 0.6) is 0 Å². The molecule has 0 bridgehead atoms. The molecule has 150 valence electrons. The summed E-state index contributed by atoms with van der Waals surface area (Å²) >= 11 is 0. The first-order valence-corrected chi connectivity index (χ1v) is 10.6. The Labute approximate surface area is 175 Å². The molecule has 1 atom stereocenters. The molecule has 0 aliphatic heterocycles.